The lowest BCUT2D eigenvalue weighted by atomic mass is 10.0. The predicted molar refractivity (Wildman–Crippen MR) is 179 cm³/mol. The Morgan fingerprint density at radius 2 is 1.46 bits per heavy atom. The molecule has 240 valence electrons. The zero-order valence-electron chi connectivity index (χ0n) is 25.0. The van der Waals surface area contributed by atoms with Gasteiger partial charge in [0.1, 0.15) is 18.4 Å². The Bertz CT molecular complexity index is 1770. The van der Waals surface area contributed by atoms with Crippen molar-refractivity contribution >= 4 is 50.7 Å². The first kappa shape index (κ1) is 33.4. The van der Waals surface area contributed by atoms with Gasteiger partial charge in [0, 0.05) is 19.0 Å². The summed E-state index contributed by atoms with van der Waals surface area (Å²) in [6.45, 7) is -0.844. The van der Waals surface area contributed by atoms with Crippen LogP contribution in [0, 0.1) is 5.82 Å². The van der Waals surface area contributed by atoms with Crippen molar-refractivity contribution in [3.8, 4) is 0 Å². The van der Waals surface area contributed by atoms with Crippen LogP contribution in [0.3, 0.4) is 0 Å². The van der Waals surface area contributed by atoms with Gasteiger partial charge >= 0.3 is 0 Å². The van der Waals surface area contributed by atoms with Gasteiger partial charge in [0.2, 0.25) is 11.8 Å². The summed E-state index contributed by atoms with van der Waals surface area (Å²) in [4.78, 5) is 29.8. The summed E-state index contributed by atoms with van der Waals surface area (Å²) in [5.74, 6) is -1.87. The van der Waals surface area contributed by atoms with Crippen LogP contribution < -0.4 is 9.62 Å². The minimum Gasteiger partial charge on any atom is -0.352 e. The third kappa shape index (κ3) is 8.07. The molecule has 2 amide bonds. The van der Waals surface area contributed by atoms with Crippen molar-refractivity contribution in [2.45, 2.75) is 55.6 Å². The molecule has 0 heterocycles. The number of halogens is 3. The average molecular weight is 683 g/mol. The van der Waals surface area contributed by atoms with Crippen LogP contribution in [-0.4, -0.2) is 43.8 Å². The van der Waals surface area contributed by atoms with E-state index in [1.165, 1.54) is 35.2 Å². The third-order valence-corrected chi connectivity index (χ3v) is 10.6. The van der Waals surface area contributed by atoms with E-state index in [2.05, 4.69) is 5.32 Å². The molecule has 1 unspecified atom stereocenters. The van der Waals surface area contributed by atoms with E-state index in [9.17, 15) is 18.0 Å². The van der Waals surface area contributed by atoms with Gasteiger partial charge in [-0.1, -0.05) is 103 Å². The van der Waals surface area contributed by atoms with Crippen LogP contribution in [0.4, 0.5) is 10.1 Å². The molecule has 1 saturated carbocycles. The zero-order valence-corrected chi connectivity index (χ0v) is 27.3. The van der Waals surface area contributed by atoms with Crippen molar-refractivity contribution in [1.29, 1.82) is 0 Å². The number of nitrogens with zero attached hydrogens (tertiary/aromatic N) is 2. The van der Waals surface area contributed by atoms with Gasteiger partial charge in [0.05, 0.1) is 20.6 Å². The molecular weight excluding hydrogens is 648 g/mol. The second-order valence-electron chi connectivity index (χ2n) is 11.2. The summed E-state index contributed by atoms with van der Waals surface area (Å²) in [6.07, 6.45) is 3.82. The number of rotatable bonds is 12. The second-order valence-corrected chi connectivity index (χ2v) is 13.9. The lowest BCUT2D eigenvalue weighted by Crippen LogP contribution is -2.54. The lowest BCUT2D eigenvalue weighted by Gasteiger charge is -2.34. The van der Waals surface area contributed by atoms with E-state index in [4.69, 9.17) is 23.2 Å². The normalized spacial score (nSPS) is 14.1. The van der Waals surface area contributed by atoms with Gasteiger partial charge in [-0.3, -0.25) is 13.9 Å². The highest BCUT2D eigenvalue weighted by atomic mass is 35.5. The molecule has 1 N–H and O–H groups in total. The minimum absolute atomic E-state index is 0.0268. The largest absolute Gasteiger partial charge is 0.352 e. The van der Waals surface area contributed by atoms with E-state index >= 15 is 4.39 Å². The second kappa shape index (κ2) is 15.1. The maximum absolute atomic E-state index is 15.2. The van der Waals surface area contributed by atoms with Gasteiger partial charge in [-0.05, 0) is 60.4 Å². The Hall–Kier alpha value is -3.92. The highest BCUT2D eigenvalue weighted by Gasteiger charge is 2.36. The summed E-state index contributed by atoms with van der Waals surface area (Å²) in [5, 5.41) is 3.71. The number of sulfonamides is 1. The maximum atomic E-state index is 15.2. The Labute approximate surface area is 279 Å². The van der Waals surface area contributed by atoms with E-state index in [-0.39, 0.29) is 40.5 Å². The third-order valence-electron chi connectivity index (χ3n) is 8.04. The van der Waals surface area contributed by atoms with E-state index in [0.29, 0.717) is 10.6 Å². The first-order chi connectivity index (χ1) is 22.1. The standard InChI is InChI=1S/C35H34Cl2FN3O4S/c36-29-20-19-26(21-30(29)37)23-40(33(22-25-11-3-1-4-12-25)35(43)39-27-13-7-8-14-27)34(42)24-41(32-18-10-9-17-31(32)38)46(44,45)28-15-5-2-6-16-28/h1-6,9-12,15-21,27,33H,7-8,13-14,22-24H2,(H,39,43). The van der Waals surface area contributed by atoms with E-state index in [0.717, 1.165) is 41.6 Å². The van der Waals surface area contributed by atoms with E-state index in [1.807, 2.05) is 30.3 Å². The van der Waals surface area contributed by atoms with Gasteiger partial charge in [0.15, 0.2) is 0 Å². The number of nitrogens with one attached hydrogen (secondary N) is 1. The molecule has 0 radical (unpaired) electrons. The molecule has 0 aromatic heterocycles. The molecule has 46 heavy (non-hydrogen) atoms. The Balaban J connectivity index is 1.58. The number of carbonyl (C=O) groups excluding carboxylic acids is 2. The fourth-order valence-corrected chi connectivity index (χ4v) is 7.41. The minimum atomic E-state index is -4.41. The molecule has 11 heteroatoms. The summed E-state index contributed by atoms with van der Waals surface area (Å²) >= 11 is 12.5. The number of para-hydroxylation sites is 1. The van der Waals surface area contributed by atoms with Gasteiger partial charge in [-0.2, -0.15) is 0 Å². The summed E-state index contributed by atoms with van der Waals surface area (Å²) < 4.78 is 44.0. The summed E-state index contributed by atoms with van der Waals surface area (Å²) in [7, 11) is -4.41. The van der Waals surface area contributed by atoms with E-state index in [1.54, 1.807) is 36.4 Å². The first-order valence-electron chi connectivity index (χ1n) is 15.0. The zero-order chi connectivity index (χ0) is 32.7. The molecule has 1 aliphatic rings. The number of hydrogen-bond acceptors (Lipinski definition) is 4. The molecule has 1 fully saturated rings. The lowest BCUT2D eigenvalue weighted by molar-refractivity contribution is -0.140. The van der Waals surface area contributed by atoms with Crippen LogP contribution in [0.15, 0.2) is 108 Å². The number of anilines is 1. The van der Waals surface area contributed by atoms with Gasteiger partial charge in [-0.15, -0.1) is 0 Å². The topological polar surface area (TPSA) is 86.8 Å². The van der Waals surface area contributed by atoms with Crippen LogP contribution in [0.2, 0.25) is 10.0 Å². The van der Waals surface area contributed by atoms with Crippen molar-refractivity contribution in [1.82, 2.24) is 10.2 Å². The maximum Gasteiger partial charge on any atom is 0.264 e. The molecule has 0 bridgehead atoms. The van der Waals surface area contributed by atoms with Crippen LogP contribution in [0.25, 0.3) is 0 Å². The van der Waals surface area contributed by atoms with Gasteiger partial charge < -0.3 is 10.2 Å². The Morgan fingerprint density at radius 1 is 0.826 bits per heavy atom. The highest BCUT2D eigenvalue weighted by molar-refractivity contribution is 7.92. The predicted octanol–water partition coefficient (Wildman–Crippen LogP) is 7.03. The van der Waals surface area contributed by atoms with Crippen LogP contribution in [-0.2, 0) is 32.6 Å². The Morgan fingerprint density at radius 3 is 2.11 bits per heavy atom. The highest BCUT2D eigenvalue weighted by Crippen LogP contribution is 2.28. The van der Waals surface area contributed by atoms with E-state index < -0.39 is 34.3 Å². The molecule has 1 aliphatic carbocycles. The van der Waals surface area contributed by atoms with Gasteiger partial charge in [-0.25, -0.2) is 12.8 Å². The molecule has 4 aromatic carbocycles. The first-order valence-corrected chi connectivity index (χ1v) is 17.2. The molecule has 0 spiro atoms. The molecule has 0 aliphatic heterocycles. The molecule has 4 aromatic rings. The monoisotopic (exact) mass is 681 g/mol. The Kier molecular flexibility index (Phi) is 11.0. The smallest absolute Gasteiger partial charge is 0.264 e. The quantitative estimate of drug-likeness (QED) is 0.174. The molecule has 7 nitrogen and oxygen atoms in total. The molecular formula is C35H34Cl2FN3O4S. The average Bonchev–Trinajstić information content (AvgIpc) is 3.57. The van der Waals surface area contributed by atoms with Crippen molar-refractivity contribution in [2.75, 3.05) is 10.8 Å². The molecule has 0 saturated heterocycles. The fourth-order valence-electron chi connectivity index (χ4n) is 5.64. The molecule has 1 atom stereocenters. The number of carbonyl (C=O) groups is 2. The van der Waals surface area contributed by atoms with Crippen molar-refractivity contribution < 1.29 is 22.4 Å². The molecule has 5 rings (SSSR count). The fraction of sp³-hybridized carbons (Fsp3) is 0.257. The van der Waals surface area contributed by atoms with Crippen molar-refractivity contribution in [2.24, 2.45) is 0 Å². The van der Waals surface area contributed by atoms with Crippen molar-refractivity contribution in [3.63, 3.8) is 0 Å². The SMILES string of the molecule is O=C(NC1CCCC1)C(Cc1ccccc1)N(Cc1ccc(Cl)c(Cl)c1)C(=O)CN(c1ccccc1F)S(=O)(=O)c1ccccc1. The van der Waals surface area contributed by atoms with Crippen molar-refractivity contribution in [3.05, 3.63) is 130 Å². The summed E-state index contributed by atoms with van der Waals surface area (Å²) in [5.41, 5.74) is 1.10. The van der Waals surface area contributed by atoms with Crippen LogP contribution >= 0.6 is 23.2 Å². The van der Waals surface area contributed by atoms with Crippen LogP contribution in [0.1, 0.15) is 36.8 Å². The van der Waals surface area contributed by atoms with Crippen LogP contribution in [0.5, 0.6) is 0 Å². The number of benzene rings is 4. The number of amides is 2. The number of hydrogen-bond donors (Lipinski definition) is 1. The summed E-state index contributed by atoms with van der Waals surface area (Å²) in [6, 6.07) is 26.0. The van der Waals surface area contributed by atoms with Gasteiger partial charge in [0.25, 0.3) is 10.0 Å².